The molecule has 0 fully saturated rings. The summed E-state index contributed by atoms with van der Waals surface area (Å²) in [5, 5.41) is 12.3. The third-order valence-electron chi connectivity index (χ3n) is 1.73. The first-order valence-corrected chi connectivity index (χ1v) is 4.05. The first-order valence-electron chi connectivity index (χ1n) is 4.05. The number of nitrogens with zero attached hydrogens (tertiary/aromatic N) is 4. The van der Waals surface area contributed by atoms with Crippen LogP contribution in [0.4, 0.5) is 5.82 Å². The van der Waals surface area contributed by atoms with Crippen LogP contribution in [-0.4, -0.2) is 31.4 Å². The molecule has 2 rings (SSSR count). The van der Waals surface area contributed by atoms with Crippen LogP contribution >= 0.6 is 0 Å². The third kappa shape index (κ3) is 1.26. The number of hydrogen-bond donors (Lipinski definition) is 2. The number of nitrogens with one attached hydrogen (secondary N) is 1. The van der Waals surface area contributed by atoms with Crippen LogP contribution in [0.1, 0.15) is 0 Å². The summed E-state index contributed by atoms with van der Waals surface area (Å²) in [4.78, 5) is 11.8. The molecule has 6 nitrogen and oxygen atoms in total. The smallest absolute Gasteiger partial charge is 0.200 e. The molecule has 0 spiro atoms. The fraction of sp³-hybridized carbons (Fsp3) is 0.125. The molecule has 0 radical (unpaired) electrons. The molecule has 0 amide bonds. The molecule has 2 aromatic rings. The minimum Gasteiger partial charge on any atom is -0.425 e. The quantitative estimate of drug-likeness (QED) is 0.550. The fourth-order valence-electron chi connectivity index (χ4n) is 1.12. The van der Waals surface area contributed by atoms with Gasteiger partial charge in [0, 0.05) is 6.54 Å². The molecule has 0 atom stereocenters. The van der Waals surface area contributed by atoms with Crippen molar-refractivity contribution in [1.29, 1.82) is 0 Å². The Balaban J connectivity index is 2.48. The summed E-state index contributed by atoms with van der Waals surface area (Å²) >= 11 is 0. The first kappa shape index (κ1) is 8.49. The van der Waals surface area contributed by atoms with Gasteiger partial charge in [-0.25, -0.2) is 15.0 Å². The van der Waals surface area contributed by atoms with E-state index in [1.807, 2.05) is 0 Å². The standard InChI is InChI=1S/C8H9N5O/c1-2-3-9-7-6-8(11-4-10-7)13(14)5-12-6/h2,4-5,14H,1,3H2,(H,9,10,11). The lowest BCUT2D eigenvalue weighted by atomic mass is 10.5. The molecule has 2 heterocycles. The highest BCUT2D eigenvalue weighted by molar-refractivity contribution is 5.82. The zero-order valence-corrected chi connectivity index (χ0v) is 7.38. The zero-order valence-electron chi connectivity index (χ0n) is 7.38. The van der Waals surface area contributed by atoms with Crippen LogP contribution in [0.15, 0.2) is 25.3 Å². The maximum Gasteiger partial charge on any atom is 0.200 e. The van der Waals surface area contributed by atoms with Gasteiger partial charge in [0.1, 0.15) is 12.7 Å². The second-order valence-electron chi connectivity index (χ2n) is 2.65. The first-order chi connectivity index (χ1) is 6.83. The largest absolute Gasteiger partial charge is 0.425 e. The molecule has 14 heavy (non-hydrogen) atoms. The predicted molar refractivity (Wildman–Crippen MR) is 51.2 cm³/mol. The Morgan fingerprint density at radius 2 is 2.36 bits per heavy atom. The Labute approximate surface area is 79.9 Å². The van der Waals surface area contributed by atoms with Gasteiger partial charge in [-0.3, -0.25) is 0 Å². The van der Waals surface area contributed by atoms with Crippen molar-refractivity contribution in [1.82, 2.24) is 19.7 Å². The molecule has 72 valence electrons. The Kier molecular flexibility index (Phi) is 2.02. The summed E-state index contributed by atoms with van der Waals surface area (Å²) in [7, 11) is 0. The highest BCUT2D eigenvalue weighted by atomic mass is 16.5. The van der Waals surface area contributed by atoms with Gasteiger partial charge in [-0.15, -0.1) is 6.58 Å². The maximum absolute atomic E-state index is 9.28. The van der Waals surface area contributed by atoms with Gasteiger partial charge < -0.3 is 10.5 Å². The number of aromatic nitrogens is 4. The molecule has 2 N–H and O–H groups in total. The average molecular weight is 191 g/mol. The van der Waals surface area contributed by atoms with Crippen LogP contribution in [0.5, 0.6) is 0 Å². The monoisotopic (exact) mass is 191 g/mol. The second-order valence-corrected chi connectivity index (χ2v) is 2.65. The summed E-state index contributed by atoms with van der Waals surface area (Å²) in [6.07, 6.45) is 4.35. The molecular formula is C8H9N5O. The summed E-state index contributed by atoms with van der Waals surface area (Å²) in [5.74, 6) is 0.586. The van der Waals surface area contributed by atoms with Crippen LogP contribution in [0.25, 0.3) is 11.2 Å². The normalized spacial score (nSPS) is 10.3. The topological polar surface area (TPSA) is 75.9 Å². The Bertz CT molecular complexity index is 464. The van der Waals surface area contributed by atoms with E-state index in [1.165, 1.54) is 12.7 Å². The second kappa shape index (κ2) is 3.33. The highest BCUT2D eigenvalue weighted by Crippen LogP contribution is 2.15. The molecule has 0 aromatic carbocycles. The number of imidazole rings is 1. The molecule has 0 bridgehead atoms. The van der Waals surface area contributed by atoms with E-state index in [9.17, 15) is 5.21 Å². The van der Waals surface area contributed by atoms with Gasteiger partial charge >= 0.3 is 0 Å². The van der Waals surface area contributed by atoms with E-state index in [0.717, 1.165) is 4.73 Å². The van der Waals surface area contributed by atoms with Crippen LogP contribution < -0.4 is 5.32 Å². The van der Waals surface area contributed by atoms with Crippen molar-refractivity contribution in [2.75, 3.05) is 11.9 Å². The van der Waals surface area contributed by atoms with Crippen LogP contribution in [-0.2, 0) is 0 Å². The number of anilines is 1. The SMILES string of the molecule is C=CCNc1ncnc2c1ncn2O. The minimum atomic E-state index is 0.381. The van der Waals surface area contributed by atoms with E-state index >= 15 is 0 Å². The Hall–Kier alpha value is -2.11. The minimum absolute atomic E-state index is 0.381. The van der Waals surface area contributed by atoms with E-state index in [2.05, 4.69) is 26.8 Å². The molecule has 0 aliphatic rings. The molecule has 6 heteroatoms. The summed E-state index contributed by atoms with van der Waals surface area (Å²) < 4.78 is 0.857. The number of hydrogen-bond acceptors (Lipinski definition) is 5. The van der Waals surface area contributed by atoms with Crippen LogP contribution in [0, 0.1) is 0 Å². The predicted octanol–water partition coefficient (Wildman–Crippen LogP) is 0.661. The number of fused-ring (bicyclic) bond motifs is 1. The van der Waals surface area contributed by atoms with E-state index in [1.54, 1.807) is 6.08 Å². The van der Waals surface area contributed by atoms with Gasteiger partial charge in [0.2, 0.25) is 5.65 Å². The van der Waals surface area contributed by atoms with Crippen molar-refractivity contribution in [3.63, 3.8) is 0 Å². The average Bonchev–Trinajstić information content (AvgIpc) is 2.58. The van der Waals surface area contributed by atoms with Crippen molar-refractivity contribution < 1.29 is 5.21 Å². The van der Waals surface area contributed by atoms with E-state index in [-0.39, 0.29) is 0 Å². The summed E-state index contributed by atoms with van der Waals surface area (Å²) in [5.41, 5.74) is 0.920. The Morgan fingerprint density at radius 1 is 1.50 bits per heavy atom. The molecule has 0 saturated heterocycles. The van der Waals surface area contributed by atoms with E-state index < -0.39 is 0 Å². The van der Waals surface area contributed by atoms with Crippen molar-refractivity contribution in [3.05, 3.63) is 25.3 Å². The van der Waals surface area contributed by atoms with Crippen LogP contribution in [0.3, 0.4) is 0 Å². The van der Waals surface area contributed by atoms with Gasteiger partial charge in [-0.05, 0) is 0 Å². The lowest BCUT2D eigenvalue weighted by molar-refractivity contribution is 0.196. The Morgan fingerprint density at radius 3 is 3.14 bits per heavy atom. The summed E-state index contributed by atoms with van der Waals surface area (Å²) in [6.45, 7) is 4.17. The van der Waals surface area contributed by atoms with Crippen molar-refractivity contribution in [3.8, 4) is 0 Å². The maximum atomic E-state index is 9.28. The van der Waals surface area contributed by atoms with E-state index in [0.29, 0.717) is 23.5 Å². The molecule has 0 saturated carbocycles. The fourth-order valence-corrected chi connectivity index (χ4v) is 1.12. The van der Waals surface area contributed by atoms with Crippen molar-refractivity contribution in [2.45, 2.75) is 0 Å². The third-order valence-corrected chi connectivity index (χ3v) is 1.73. The van der Waals surface area contributed by atoms with Crippen molar-refractivity contribution in [2.24, 2.45) is 0 Å². The molecule has 0 aliphatic heterocycles. The van der Waals surface area contributed by atoms with Gasteiger partial charge in [-0.1, -0.05) is 6.08 Å². The van der Waals surface area contributed by atoms with Gasteiger partial charge in [0.05, 0.1) is 0 Å². The molecule has 0 unspecified atom stereocenters. The van der Waals surface area contributed by atoms with Crippen molar-refractivity contribution >= 4 is 17.0 Å². The molecule has 2 aromatic heterocycles. The highest BCUT2D eigenvalue weighted by Gasteiger charge is 2.07. The van der Waals surface area contributed by atoms with Gasteiger partial charge in [-0.2, -0.15) is 4.73 Å². The zero-order chi connectivity index (χ0) is 9.97. The molecule has 0 aliphatic carbocycles. The molecular weight excluding hydrogens is 182 g/mol. The van der Waals surface area contributed by atoms with Crippen LogP contribution in [0.2, 0.25) is 0 Å². The van der Waals surface area contributed by atoms with Gasteiger partial charge in [0.15, 0.2) is 11.3 Å². The lowest BCUT2D eigenvalue weighted by Gasteiger charge is -2.01. The summed E-state index contributed by atoms with van der Waals surface area (Å²) in [6, 6.07) is 0. The number of rotatable bonds is 3. The van der Waals surface area contributed by atoms with Gasteiger partial charge in [0.25, 0.3) is 0 Å². The lowest BCUT2D eigenvalue weighted by Crippen LogP contribution is -2.02. The van der Waals surface area contributed by atoms with E-state index in [4.69, 9.17) is 0 Å².